The summed E-state index contributed by atoms with van der Waals surface area (Å²) in [6, 6.07) is 1.07. The van der Waals surface area contributed by atoms with E-state index in [0.29, 0.717) is 5.82 Å². The van der Waals surface area contributed by atoms with Crippen molar-refractivity contribution in [3.8, 4) is 0 Å². The number of rotatable bonds is 3. The second-order valence-corrected chi connectivity index (χ2v) is 4.03. The molecule has 0 bridgehead atoms. The van der Waals surface area contributed by atoms with Crippen LogP contribution in [0.5, 0.6) is 0 Å². The van der Waals surface area contributed by atoms with Crippen molar-refractivity contribution in [3.63, 3.8) is 0 Å². The summed E-state index contributed by atoms with van der Waals surface area (Å²) in [5.41, 5.74) is 0.337. The third kappa shape index (κ3) is 2.68. The number of nitrogens with one attached hydrogen (secondary N) is 2. The molecule has 9 heteroatoms. The third-order valence-electron chi connectivity index (χ3n) is 2.35. The molecule has 0 aliphatic heterocycles. The zero-order valence-electron chi connectivity index (χ0n) is 9.68. The summed E-state index contributed by atoms with van der Waals surface area (Å²) >= 11 is 5.76. The second kappa shape index (κ2) is 5.02. The van der Waals surface area contributed by atoms with Gasteiger partial charge in [0.05, 0.1) is 16.7 Å². The summed E-state index contributed by atoms with van der Waals surface area (Å²) in [4.78, 5) is 25.5. The van der Waals surface area contributed by atoms with E-state index in [1.54, 1.807) is 6.92 Å². The monoisotopic (exact) mass is 281 g/mol. The van der Waals surface area contributed by atoms with E-state index >= 15 is 0 Å². The van der Waals surface area contributed by atoms with Crippen molar-refractivity contribution in [2.24, 2.45) is 0 Å². The van der Waals surface area contributed by atoms with Gasteiger partial charge >= 0.3 is 0 Å². The van der Waals surface area contributed by atoms with Crippen LogP contribution in [0.1, 0.15) is 15.9 Å². The SMILES string of the molecule is Cc1cn[nH]c1NC(=O)c1cc([N+](=O)[O-])cnc1Cl. The van der Waals surface area contributed by atoms with E-state index in [4.69, 9.17) is 11.6 Å². The molecule has 0 fully saturated rings. The Kier molecular flexibility index (Phi) is 3.43. The van der Waals surface area contributed by atoms with E-state index in [1.807, 2.05) is 0 Å². The number of hydrogen-bond donors (Lipinski definition) is 2. The highest BCUT2D eigenvalue weighted by atomic mass is 35.5. The number of carbonyl (C=O) groups excluding carboxylic acids is 1. The van der Waals surface area contributed by atoms with E-state index in [0.717, 1.165) is 17.8 Å². The minimum atomic E-state index is -0.651. The van der Waals surface area contributed by atoms with Crippen molar-refractivity contribution in [3.05, 3.63) is 44.9 Å². The number of anilines is 1. The van der Waals surface area contributed by atoms with Crippen LogP contribution in [-0.2, 0) is 0 Å². The lowest BCUT2D eigenvalue weighted by molar-refractivity contribution is -0.385. The standard InChI is InChI=1S/C10H8ClN5O3/c1-5-3-13-15-9(5)14-10(17)7-2-6(16(18)19)4-12-8(7)11/h2-4H,1H3,(H2,13,14,15,17). The molecular formula is C10H8ClN5O3. The molecule has 98 valence electrons. The van der Waals surface area contributed by atoms with Crippen LogP contribution in [0.3, 0.4) is 0 Å². The lowest BCUT2D eigenvalue weighted by Gasteiger charge is -2.04. The van der Waals surface area contributed by atoms with Crippen molar-refractivity contribution in [2.45, 2.75) is 6.92 Å². The van der Waals surface area contributed by atoms with Crippen LogP contribution in [0.15, 0.2) is 18.5 Å². The van der Waals surface area contributed by atoms with Gasteiger partial charge in [-0.25, -0.2) is 4.98 Å². The zero-order chi connectivity index (χ0) is 14.0. The van der Waals surface area contributed by atoms with E-state index in [9.17, 15) is 14.9 Å². The molecule has 8 nitrogen and oxygen atoms in total. The average molecular weight is 282 g/mol. The lowest BCUT2D eigenvalue weighted by atomic mass is 10.2. The van der Waals surface area contributed by atoms with Crippen LogP contribution in [0.2, 0.25) is 5.15 Å². The quantitative estimate of drug-likeness (QED) is 0.507. The predicted octanol–water partition coefficient (Wildman–Crippen LogP) is 1.93. The van der Waals surface area contributed by atoms with Crippen LogP contribution in [0, 0.1) is 17.0 Å². The Hall–Kier alpha value is -2.48. The van der Waals surface area contributed by atoms with Gasteiger partial charge in [0, 0.05) is 11.6 Å². The first-order valence-corrected chi connectivity index (χ1v) is 5.48. The van der Waals surface area contributed by atoms with Gasteiger partial charge < -0.3 is 5.32 Å². The fourth-order valence-electron chi connectivity index (χ4n) is 1.35. The summed E-state index contributed by atoms with van der Waals surface area (Å²) in [5.74, 6) is -0.207. The maximum Gasteiger partial charge on any atom is 0.288 e. The summed E-state index contributed by atoms with van der Waals surface area (Å²) in [6.07, 6.45) is 2.52. The average Bonchev–Trinajstić information content (AvgIpc) is 2.75. The van der Waals surface area contributed by atoms with Gasteiger partial charge in [-0.2, -0.15) is 5.10 Å². The van der Waals surface area contributed by atoms with E-state index in [1.165, 1.54) is 6.20 Å². The molecule has 2 aromatic heterocycles. The molecule has 0 spiro atoms. The number of pyridine rings is 1. The maximum atomic E-state index is 12.0. The number of aromatic amines is 1. The normalized spacial score (nSPS) is 10.2. The van der Waals surface area contributed by atoms with Gasteiger partial charge in [-0.15, -0.1) is 0 Å². The Balaban J connectivity index is 2.31. The van der Waals surface area contributed by atoms with Crippen LogP contribution in [0.4, 0.5) is 11.5 Å². The molecule has 0 radical (unpaired) electrons. The molecule has 0 saturated carbocycles. The molecule has 0 saturated heterocycles. The van der Waals surface area contributed by atoms with Gasteiger partial charge in [0.15, 0.2) is 0 Å². The van der Waals surface area contributed by atoms with Crippen molar-refractivity contribution >= 4 is 29.0 Å². The second-order valence-electron chi connectivity index (χ2n) is 3.67. The number of amides is 1. The largest absolute Gasteiger partial charge is 0.307 e. The maximum absolute atomic E-state index is 12.0. The Morgan fingerprint density at radius 3 is 2.84 bits per heavy atom. The molecule has 0 aliphatic rings. The molecule has 0 unspecified atom stereocenters. The molecule has 19 heavy (non-hydrogen) atoms. The van der Waals surface area contributed by atoms with E-state index < -0.39 is 10.8 Å². The van der Waals surface area contributed by atoms with Crippen molar-refractivity contribution in [1.29, 1.82) is 0 Å². The van der Waals surface area contributed by atoms with Gasteiger partial charge in [-0.1, -0.05) is 11.6 Å². The van der Waals surface area contributed by atoms with Gasteiger partial charge in [0.1, 0.15) is 17.2 Å². The van der Waals surface area contributed by atoms with E-state index in [2.05, 4.69) is 20.5 Å². The molecule has 2 N–H and O–H groups in total. The molecule has 0 atom stereocenters. The first-order chi connectivity index (χ1) is 8.99. The number of aromatic nitrogens is 3. The molecule has 2 rings (SSSR count). The number of carbonyl (C=O) groups is 1. The highest BCUT2D eigenvalue weighted by Gasteiger charge is 2.18. The molecule has 2 heterocycles. The predicted molar refractivity (Wildman–Crippen MR) is 67.2 cm³/mol. The summed E-state index contributed by atoms with van der Waals surface area (Å²) < 4.78 is 0. The van der Waals surface area contributed by atoms with Crippen LogP contribution in [0.25, 0.3) is 0 Å². The fraction of sp³-hybridized carbons (Fsp3) is 0.100. The smallest absolute Gasteiger partial charge is 0.288 e. The molecule has 1 amide bonds. The Labute approximate surface area is 112 Å². The number of nitrogens with zero attached hydrogens (tertiary/aromatic N) is 3. The molecule has 2 aromatic rings. The van der Waals surface area contributed by atoms with E-state index in [-0.39, 0.29) is 16.4 Å². The Morgan fingerprint density at radius 1 is 1.53 bits per heavy atom. The van der Waals surface area contributed by atoms with Gasteiger partial charge in [0.2, 0.25) is 0 Å². The Bertz CT molecular complexity index is 654. The van der Waals surface area contributed by atoms with Gasteiger partial charge in [-0.05, 0) is 6.92 Å². The van der Waals surface area contributed by atoms with Gasteiger partial charge in [0.25, 0.3) is 11.6 Å². The first-order valence-electron chi connectivity index (χ1n) is 5.10. The number of hydrogen-bond acceptors (Lipinski definition) is 5. The van der Waals surface area contributed by atoms with Crippen molar-refractivity contribution in [1.82, 2.24) is 15.2 Å². The minimum Gasteiger partial charge on any atom is -0.307 e. The van der Waals surface area contributed by atoms with Crippen molar-refractivity contribution in [2.75, 3.05) is 5.32 Å². The number of aryl methyl sites for hydroxylation is 1. The molecular weight excluding hydrogens is 274 g/mol. The Morgan fingerprint density at radius 2 is 2.26 bits per heavy atom. The lowest BCUT2D eigenvalue weighted by Crippen LogP contribution is -2.14. The van der Waals surface area contributed by atoms with Crippen LogP contribution < -0.4 is 5.32 Å². The van der Waals surface area contributed by atoms with Crippen LogP contribution in [-0.4, -0.2) is 26.0 Å². The third-order valence-corrected chi connectivity index (χ3v) is 2.65. The fourth-order valence-corrected chi connectivity index (χ4v) is 1.54. The summed E-state index contributed by atoms with van der Waals surface area (Å²) in [6.45, 7) is 1.74. The number of nitro groups is 1. The minimum absolute atomic E-state index is 0.0788. The molecule has 0 aliphatic carbocycles. The topological polar surface area (TPSA) is 114 Å². The summed E-state index contributed by atoms with van der Waals surface area (Å²) in [5, 5.41) is 19.4. The highest BCUT2D eigenvalue weighted by molar-refractivity contribution is 6.33. The number of halogens is 1. The van der Waals surface area contributed by atoms with Crippen molar-refractivity contribution < 1.29 is 9.72 Å². The van der Waals surface area contributed by atoms with Crippen LogP contribution >= 0.6 is 11.6 Å². The molecule has 0 aromatic carbocycles. The van der Waals surface area contributed by atoms with Gasteiger partial charge in [-0.3, -0.25) is 20.0 Å². The number of H-pyrrole nitrogens is 1. The first kappa shape index (κ1) is 13.0. The summed E-state index contributed by atoms with van der Waals surface area (Å²) in [7, 11) is 0. The zero-order valence-corrected chi connectivity index (χ0v) is 10.4. The highest BCUT2D eigenvalue weighted by Crippen LogP contribution is 2.20.